The first-order valence-corrected chi connectivity index (χ1v) is 14.9. The summed E-state index contributed by atoms with van der Waals surface area (Å²) in [5, 5.41) is 10.6. The summed E-state index contributed by atoms with van der Waals surface area (Å²) in [5.74, 6) is 0.149. The Morgan fingerprint density at radius 2 is 1.91 bits per heavy atom. The lowest BCUT2D eigenvalue weighted by Crippen LogP contribution is -2.38. The summed E-state index contributed by atoms with van der Waals surface area (Å²) in [6.45, 7) is 5.44. The number of phenols is 1. The second-order valence-corrected chi connectivity index (χ2v) is 10.0. The number of hydrogen-bond donors (Lipinski definition) is 1. The van der Waals surface area contributed by atoms with Crippen molar-refractivity contribution in [2.75, 3.05) is 33.0 Å². The predicted molar refractivity (Wildman–Crippen MR) is 160 cm³/mol. The highest BCUT2D eigenvalue weighted by atomic mass is 16.7. The zero-order valence-corrected chi connectivity index (χ0v) is 25.1. The average molecular weight is 609 g/mol. The normalized spacial score (nSPS) is 18.2. The zero-order chi connectivity index (χ0) is 31.1. The van der Waals surface area contributed by atoms with Crippen molar-refractivity contribution in [3.63, 3.8) is 0 Å². The summed E-state index contributed by atoms with van der Waals surface area (Å²) in [5.41, 5.74) is 0.981. The van der Waals surface area contributed by atoms with E-state index in [0.29, 0.717) is 68.3 Å². The summed E-state index contributed by atoms with van der Waals surface area (Å²) in [4.78, 5) is 28.1. The number of nitrogens with zero attached hydrogens (tertiary/aromatic N) is 2. The Kier molecular flexibility index (Phi) is 12.6. The van der Waals surface area contributed by atoms with Crippen LogP contribution in [0.2, 0.25) is 0 Å². The molecule has 0 saturated carbocycles. The van der Waals surface area contributed by atoms with Crippen LogP contribution >= 0.6 is 0 Å². The predicted octanol–water partition coefficient (Wildman–Crippen LogP) is 5.24. The van der Waals surface area contributed by atoms with Crippen LogP contribution in [0.5, 0.6) is 17.2 Å². The van der Waals surface area contributed by atoms with E-state index >= 15 is 0 Å². The van der Waals surface area contributed by atoms with Crippen molar-refractivity contribution in [2.24, 2.45) is 5.92 Å². The summed E-state index contributed by atoms with van der Waals surface area (Å²) in [6.07, 6.45) is 9.46. The minimum Gasteiger partial charge on any atom is -0.508 e. The van der Waals surface area contributed by atoms with Gasteiger partial charge in [-0.2, -0.15) is 0 Å². The molecule has 0 amide bonds. The van der Waals surface area contributed by atoms with E-state index in [1.165, 1.54) is 0 Å². The summed E-state index contributed by atoms with van der Waals surface area (Å²) in [7, 11) is 0. The lowest BCUT2D eigenvalue weighted by atomic mass is 9.91. The standard InChI is InChI=1S/C33H40N2O9/c1-3-39-30(37)13-7-5-6-10-25-21-43-31(44-32(25)26-11-8-9-12-27(26)36)22-42-29-20-24(33(38)40-4-2)14-15-28(29)41-19-18-35-17-16-34-23-35/h5-6,8-9,11-12,14-17,20,23,25,31-32,36H,3-4,7,10,13,18-19,21-22H2,1-2H3/b6-5-/t25-,31+,32+/m1/s1. The fourth-order valence-electron chi connectivity index (χ4n) is 4.71. The van der Waals surface area contributed by atoms with Crippen molar-refractivity contribution < 1.29 is 43.1 Å². The monoisotopic (exact) mass is 608 g/mol. The van der Waals surface area contributed by atoms with Crippen LogP contribution in [0.15, 0.2) is 73.3 Å². The minimum atomic E-state index is -0.756. The number of carbonyl (C=O) groups is 2. The van der Waals surface area contributed by atoms with Gasteiger partial charge in [-0.3, -0.25) is 4.79 Å². The van der Waals surface area contributed by atoms with E-state index in [-0.39, 0.29) is 30.9 Å². The first-order valence-electron chi connectivity index (χ1n) is 14.9. The first kappa shape index (κ1) is 32.6. The molecule has 0 bridgehead atoms. The molecule has 3 atom stereocenters. The van der Waals surface area contributed by atoms with Gasteiger partial charge in [-0.1, -0.05) is 30.4 Å². The molecule has 1 fully saturated rings. The number of hydrogen-bond acceptors (Lipinski definition) is 10. The third-order valence-corrected chi connectivity index (χ3v) is 6.89. The Labute approximate surface area is 257 Å². The molecule has 236 valence electrons. The number of aromatic nitrogens is 2. The smallest absolute Gasteiger partial charge is 0.338 e. The van der Waals surface area contributed by atoms with Gasteiger partial charge < -0.3 is 38.1 Å². The summed E-state index contributed by atoms with van der Waals surface area (Å²) in [6, 6.07) is 11.9. The molecule has 0 spiro atoms. The fourth-order valence-corrected chi connectivity index (χ4v) is 4.71. The molecule has 0 unspecified atom stereocenters. The largest absolute Gasteiger partial charge is 0.508 e. The molecule has 1 aliphatic rings. The van der Waals surface area contributed by atoms with E-state index in [2.05, 4.69) is 4.98 Å². The second kappa shape index (κ2) is 17.1. The highest BCUT2D eigenvalue weighted by molar-refractivity contribution is 5.90. The topological polar surface area (TPSA) is 128 Å². The third-order valence-electron chi connectivity index (χ3n) is 6.89. The molecule has 1 saturated heterocycles. The van der Waals surface area contributed by atoms with Crippen LogP contribution in [-0.4, -0.2) is 65.9 Å². The maximum Gasteiger partial charge on any atom is 0.338 e. The SMILES string of the molecule is CCOC(=O)CC/C=C\C[C@@H]1CO[C@H](COc2cc(C(=O)OCC)ccc2OCCn2ccnc2)O[C@@H]1c1ccccc1O. The molecule has 1 aliphatic heterocycles. The molecular weight excluding hydrogens is 568 g/mol. The van der Waals surface area contributed by atoms with E-state index in [1.807, 2.05) is 35.0 Å². The van der Waals surface area contributed by atoms with Gasteiger partial charge in [-0.25, -0.2) is 9.78 Å². The number of rotatable bonds is 16. The molecule has 0 aliphatic carbocycles. The van der Waals surface area contributed by atoms with Crippen LogP contribution in [-0.2, 0) is 30.3 Å². The Hall–Kier alpha value is -4.35. The van der Waals surface area contributed by atoms with Crippen LogP contribution in [0.3, 0.4) is 0 Å². The molecule has 44 heavy (non-hydrogen) atoms. The number of phenolic OH excluding ortho intramolecular Hbond substituents is 1. The Morgan fingerprint density at radius 1 is 1.07 bits per heavy atom. The van der Waals surface area contributed by atoms with Gasteiger partial charge in [0.25, 0.3) is 0 Å². The van der Waals surface area contributed by atoms with Gasteiger partial charge in [0.05, 0.1) is 44.4 Å². The van der Waals surface area contributed by atoms with E-state index in [4.69, 9.17) is 28.4 Å². The van der Waals surface area contributed by atoms with Crippen molar-refractivity contribution in [1.82, 2.24) is 9.55 Å². The lowest BCUT2D eigenvalue weighted by Gasteiger charge is -2.36. The Bertz CT molecular complexity index is 1360. The second-order valence-electron chi connectivity index (χ2n) is 10.0. The van der Waals surface area contributed by atoms with E-state index in [1.54, 1.807) is 56.7 Å². The van der Waals surface area contributed by atoms with Gasteiger partial charge >= 0.3 is 11.9 Å². The van der Waals surface area contributed by atoms with Gasteiger partial charge in [-0.15, -0.1) is 0 Å². The average Bonchev–Trinajstić information content (AvgIpc) is 3.55. The zero-order valence-electron chi connectivity index (χ0n) is 25.1. The van der Waals surface area contributed by atoms with Crippen LogP contribution in [0.4, 0.5) is 0 Å². The van der Waals surface area contributed by atoms with Gasteiger partial charge in [0, 0.05) is 30.3 Å². The first-order chi connectivity index (χ1) is 21.5. The number of para-hydroxylation sites is 1. The molecule has 1 N–H and O–H groups in total. The van der Waals surface area contributed by atoms with Crippen molar-refractivity contribution in [3.8, 4) is 17.2 Å². The van der Waals surface area contributed by atoms with Crippen molar-refractivity contribution in [3.05, 3.63) is 84.5 Å². The van der Waals surface area contributed by atoms with Gasteiger partial charge in [0.2, 0.25) is 0 Å². The van der Waals surface area contributed by atoms with Gasteiger partial charge in [0.15, 0.2) is 17.8 Å². The molecule has 2 aromatic carbocycles. The molecule has 0 radical (unpaired) electrons. The molecular formula is C33H40N2O9. The number of ether oxygens (including phenoxy) is 6. The van der Waals surface area contributed by atoms with Crippen LogP contribution in [0.25, 0.3) is 0 Å². The van der Waals surface area contributed by atoms with Gasteiger partial charge in [0.1, 0.15) is 19.0 Å². The van der Waals surface area contributed by atoms with E-state index < -0.39 is 18.4 Å². The number of carbonyl (C=O) groups excluding carboxylic acids is 2. The maximum atomic E-state index is 12.4. The van der Waals surface area contributed by atoms with Gasteiger partial charge in [-0.05, 0) is 51.0 Å². The summed E-state index contributed by atoms with van der Waals surface area (Å²) < 4.78 is 36.5. The lowest BCUT2D eigenvalue weighted by molar-refractivity contribution is -0.247. The van der Waals surface area contributed by atoms with Crippen molar-refractivity contribution >= 4 is 11.9 Å². The van der Waals surface area contributed by atoms with Crippen molar-refractivity contribution in [1.29, 1.82) is 0 Å². The molecule has 11 nitrogen and oxygen atoms in total. The minimum absolute atomic E-state index is 0.0103. The number of esters is 2. The highest BCUT2D eigenvalue weighted by Crippen LogP contribution is 2.39. The van der Waals surface area contributed by atoms with Crippen LogP contribution in [0, 0.1) is 5.92 Å². The van der Waals surface area contributed by atoms with Crippen molar-refractivity contribution in [2.45, 2.75) is 52.0 Å². The molecule has 2 heterocycles. The van der Waals surface area contributed by atoms with Crippen LogP contribution in [0.1, 0.15) is 55.1 Å². The third kappa shape index (κ3) is 9.58. The summed E-state index contributed by atoms with van der Waals surface area (Å²) >= 11 is 0. The van der Waals surface area contributed by atoms with E-state index in [9.17, 15) is 14.7 Å². The quantitative estimate of drug-likeness (QED) is 0.170. The number of allylic oxidation sites excluding steroid dienone is 2. The Balaban J connectivity index is 1.42. The van der Waals surface area contributed by atoms with E-state index in [0.717, 1.165) is 0 Å². The molecule has 3 aromatic rings. The van der Waals surface area contributed by atoms with Crippen LogP contribution < -0.4 is 9.47 Å². The maximum absolute atomic E-state index is 12.4. The number of aromatic hydroxyl groups is 1. The Morgan fingerprint density at radius 3 is 2.68 bits per heavy atom. The molecule has 11 heteroatoms. The fraction of sp³-hybridized carbons (Fsp3) is 0.424. The number of imidazole rings is 1. The number of benzene rings is 2. The molecule has 1 aromatic heterocycles. The highest BCUT2D eigenvalue weighted by Gasteiger charge is 2.34. The molecule has 4 rings (SSSR count).